The fourth-order valence-corrected chi connectivity index (χ4v) is 2.77. The molecule has 0 radical (unpaired) electrons. The summed E-state index contributed by atoms with van der Waals surface area (Å²) in [6, 6.07) is 6.78. The molecule has 0 amide bonds. The van der Waals surface area contributed by atoms with E-state index in [1.165, 1.54) is 0 Å². The van der Waals surface area contributed by atoms with Crippen molar-refractivity contribution in [3.05, 3.63) is 24.3 Å². The summed E-state index contributed by atoms with van der Waals surface area (Å²) in [6.45, 7) is 2.55. The van der Waals surface area contributed by atoms with Gasteiger partial charge in [0.05, 0.1) is 10.6 Å². The summed E-state index contributed by atoms with van der Waals surface area (Å²) in [5.41, 5.74) is 0.885. The Morgan fingerprint density at radius 1 is 1.29 bits per heavy atom. The van der Waals surface area contributed by atoms with Crippen LogP contribution in [0.15, 0.2) is 29.2 Å². The molecule has 0 heterocycles. The van der Waals surface area contributed by atoms with Crippen LogP contribution in [0.3, 0.4) is 0 Å². The fraction of sp³-hybridized carbons (Fsp3) is 0.385. The Labute approximate surface area is 103 Å². The lowest BCUT2D eigenvalue weighted by molar-refractivity contribution is 0.595. The number of benzene rings is 1. The number of terminal acetylenes is 1. The smallest absolute Gasteiger partial charge is 0.178 e. The van der Waals surface area contributed by atoms with Crippen molar-refractivity contribution >= 4 is 15.5 Å². The van der Waals surface area contributed by atoms with Crippen LogP contribution in [-0.2, 0) is 9.84 Å². The van der Waals surface area contributed by atoms with Crippen molar-refractivity contribution < 1.29 is 8.42 Å². The van der Waals surface area contributed by atoms with Gasteiger partial charge in [-0.1, -0.05) is 6.92 Å². The van der Waals surface area contributed by atoms with Gasteiger partial charge in [0.25, 0.3) is 0 Å². The second kappa shape index (κ2) is 6.31. The molecule has 0 unspecified atom stereocenters. The maximum Gasteiger partial charge on any atom is 0.178 e. The second-order valence-corrected chi connectivity index (χ2v) is 5.83. The van der Waals surface area contributed by atoms with Crippen molar-refractivity contribution in [2.75, 3.05) is 17.6 Å². The SMILES string of the molecule is C#CCCNc1ccc(S(=O)(=O)CCC)cc1. The lowest BCUT2D eigenvalue weighted by Crippen LogP contribution is -2.06. The molecule has 0 aliphatic heterocycles. The van der Waals surface area contributed by atoms with Gasteiger partial charge in [-0.05, 0) is 30.7 Å². The number of rotatable bonds is 6. The molecule has 0 fully saturated rings. The summed E-state index contributed by atoms with van der Waals surface area (Å²) in [6.07, 6.45) is 6.42. The topological polar surface area (TPSA) is 46.2 Å². The second-order valence-electron chi connectivity index (χ2n) is 3.72. The van der Waals surface area contributed by atoms with Gasteiger partial charge >= 0.3 is 0 Å². The molecule has 1 N–H and O–H groups in total. The first-order valence-corrected chi connectivity index (χ1v) is 7.25. The Kier molecular flexibility index (Phi) is 5.05. The van der Waals surface area contributed by atoms with Crippen molar-refractivity contribution in [1.82, 2.24) is 0 Å². The van der Waals surface area contributed by atoms with Crippen molar-refractivity contribution in [2.45, 2.75) is 24.7 Å². The average Bonchev–Trinajstić information content (AvgIpc) is 2.30. The highest BCUT2D eigenvalue weighted by atomic mass is 32.2. The number of hydrogen-bond acceptors (Lipinski definition) is 3. The van der Waals surface area contributed by atoms with Crippen LogP contribution in [0.4, 0.5) is 5.69 Å². The summed E-state index contributed by atoms with van der Waals surface area (Å²) in [4.78, 5) is 0.377. The standard InChI is InChI=1S/C13H17NO2S/c1-3-5-10-14-12-6-8-13(9-7-12)17(15,16)11-4-2/h1,6-9,14H,4-5,10-11H2,2H3. The van der Waals surface area contributed by atoms with Crippen molar-refractivity contribution in [3.8, 4) is 12.3 Å². The molecule has 0 spiro atoms. The maximum absolute atomic E-state index is 11.8. The van der Waals surface area contributed by atoms with Crippen LogP contribution in [0, 0.1) is 12.3 Å². The Morgan fingerprint density at radius 3 is 2.47 bits per heavy atom. The minimum Gasteiger partial charge on any atom is -0.384 e. The zero-order chi connectivity index (χ0) is 12.7. The van der Waals surface area contributed by atoms with Gasteiger partial charge in [0.1, 0.15) is 0 Å². The molecule has 0 aromatic heterocycles. The predicted octanol–water partition coefficient (Wildman–Crippen LogP) is 2.31. The molecule has 0 bridgehead atoms. The van der Waals surface area contributed by atoms with Gasteiger partial charge in [-0.3, -0.25) is 0 Å². The van der Waals surface area contributed by atoms with Crippen LogP contribution in [0.25, 0.3) is 0 Å². The zero-order valence-electron chi connectivity index (χ0n) is 9.94. The number of sulfone groups is 1. The first-order valence-electron chi connectivity index (χ1n) is 5.60. The zero-order valence-corrected chi connectivity index (χ0v) is 10.8. The Morgan fingerprint density at radius 2 is 1.94 bits per heavy atom. The summed E-state index contributed by atoms with van der Waals surface area (Å²) in [5.74, 6) is 2.72. The molecule has 4 heteroatoms. The molecule has 17 heavy (non-hydrogen) atoms. The molecular formula is C13H17NO2S. The third-order valence-corrected chi connectivity index (χ3v) is 4.22. The molecule has 1 aromatic carbocycles. The number of anilines is 1. The van der Waals surface area contributed by atoms with Crippen LogP contribution in [0.2, 0.25) is 0 Å². The molecular weight excluding hydrogens is 234 g/mol. The lowest BCUT2D eigenvalue weighted by Gasteiger charge is -2.06. The van der Waals surface area contributed by atoms with Gasteiger partial charge in [-0.25, -0.2) is 8.42 Å². The summed E-state index contributed by atoms with van der Waals surface area (Å²) >= 11 is 0. The van der Waals surface area contributed by atoms with Crippen molar-refractivity contribution in [1.29, 1.82) is 0 Å². The monoisotopic (exact) mass is 251 g/mol. The maximum atomic E-state index is 11.8. The minimum atomic E-state index is -3.11. The van der Waals surface area contributed by atoms with Gasteiger partial charge < -0.3 is 5.32 Å². The summed E-state index contributed by atoms with van der Waals surface area (Å²) in [5, 5.41) is 3.12. The van der Waals surface area contributed by atoms with Gasteiger partial charge in [-0.2, -0.15) is 0 Å². The predicted molar refractivity (Wildman–Crippen MR) is 70.7 cm³/mol. The quantitative estimate of drug-likeness (QED) is 0.623. The third-order valence-electron chi connectivity index (χ3n) is 2.28. The van der Waals surface area contributed by atoms with E-state index >= 15 is 0 Å². The molecule has 0 atom stereocenters. The highest BCUT2D eigenvalue weighted by Crippen LogP contribution is 2.15. The summed E-state index contributed by atoms with van der Waals surface area (Å²) < 4.78 is 23.5. The minimum absolute atomic E-state index is 0.191. The van der Waals surface area contributed by atoms with E-state index in [0.717, 1.165) is 5.69 Å². The van der Waals surface area contributed by atoms with E-state index in [4.69, 9.17) is 6.42 Å². The Hall–Kier alpha value is -1.47. The van der Waals surface area contributed by atoms with E-state index in [1.54, 1.807) is 24.3 Å². The van der Waals surface area contributed by atoms with Gasteiger partial charge in [0, 0.05) is 18.7 Å². The highest BCUT2D eigenvalue weighted by Gasteiger charge is 2.12. The van der Waals surface area contributed by atoms with Crippen LogP contribution in [-0.4, -0.2) is 20.7 Å². The van der Waals surface area contributed by atoms with E-state index < -0.39 is 9.84 Å². The lowest BCUT2D eigenvalue weighted by atomic mass is 10.3. The van der Waals surface area contributed by atoms with E-state index in [0.29, 0.717) is 24.3 Å². The van der Waals surface area contributed by atoms with E-state index in [-0.39, 0.29) is 5.75 Å². The highest BCUT2D eigenvalue weighted by molar-refractivity contribution is 7.91. The molecule has 3 nitrogen and oxygen atoms in total. The van der Waals surface area contributed by atoms with Crippen LogP contribution in [0.1, 0.15) is 19.8 Å². The molecule has 0 aliphatic carbocycles. The summed E-state index contributed by atoms with van der Waals surface area (Å²) in [7, 11) is -3.11. The molecule has 1 rings (SSSR count). The van der Waals surface area contributed by atoms with Crippen LogP contribution < -0.4 is 5.32 Å². The molecule has 1 aromatic rings. The van der Waals surface area contributed by atoms with Crippen LogP contribution >= 0.6 is 0 Å². The molecule has 92 valence electrons. The normalized spacial score (nSPS) is 10.8. The van der Waals surface area contributed by atoms with E-state index in [9.17, 15) is 8.42 Å². The van der Waals surface area contributed by atoms with Crippen molar-refractivity contribution in [3.63, 3.8) is 0 Å². The Balaban J connectivity index is 2.72. The van der Waals surface area contributed by atoms with E-state index in [2.05, 4.69) is 11.2 Å². The van der Waals surface area contributed by atoms with Gasteiger partial charge in [-0.15, -0.1) is 12.3 Å². The molecule has 0 aliphatic rings. The van der Waals surface area contributed by atoms with Gasteiger partial charge in [0.15, 0.2) is 9.84 Å². The van der Waals surface area contributed by atoms with Crippen molar-refractivity contribution in [2.24, 2.45) is 0 Å². The molecule has 0 saturated heterocycles. The largest absolute Gasteiger partial charge is 0.384 e. The first kappa shape index (κ1) is 13.6. The first-order chi connectivity index (χ1) is 8.10. The number of nitrogens with one attached hydrogen (secondary N) is 1. The van der Waals surface area contributed by atoms with Gasteiger partial charge in [0.2, 0.25) is 0 Å². The molecule has 0 saturated carbocycles. The average molecular weight is 251 g/mol. The Bertz CT molecular complexity index is 483. The van der Waals surface area contributed by atoms with Crippen LogP contribution in [0.5, 0.6) is 0 Å². The fourth-order valence-electron chi connectivity index (χ4n) is 1.45. The third kappa shape index (κ3) is 4.12. The number of hydrogen-bond donors (Lipinski definition) is 1. The van der Waals surface area contributed by atoms with E-state index in [1.807, 2.05) is 6.92 Å².